The van der Waals surface area contributed by atoms with Gasteiger partial charge in [0.05, 0.1) is 29.7 Å². The predicted octanol–water partition coefficient (Wildman–Crippen LogP) is 5.14. The predicted molar refractivity (Wildman–Crippen MR) is 149 cm³/mol. The number of hydrogen-bond acceptors (Lipinski definition) is 6. The molecule has 0 bridgehead atoms. The average molecular weight is 513 g/mol. The van der Waals surface area contributed by atoms with E-state index in [1.807, 2.05) is 6.20 Å². The first-order valence-corrected chi connectivity index (χ1v) is 13.6. The first kappa shape index (κ1) is 25.0. The van der Waals surface area contributed by atoms with Gasteiger partial charge in [0, 0.05) is 31.9 Å². The second-order valence-electron chi connectivity index (χ2n) is 10.2. The lowest BCUT2D eigenvalue weighted by molar-refractivity contribution is -0.101. The number of benzene rings is 2. The third kappa shape index (κ3) is 5.17. The molecular formula is C30H36N6O2. The van der Waals surface area contributed by atoms with Crippen molar-refractivity contribution in [1.29, 1.82) is 0 Å². The van der Waals surface area contributed by atoms with E-state index < -0.39 is 0 Å². The Balaban J connectivity index is 1.21. The van der Waals surface area contributed by atoms with E-state index in [1.54, 1.807) is 14.2 Å². The Hall–Kier alpha value is -3.30. The van der Waals surface area contributed by atoms with Gasteiger partial charge in [-0.25, -0.2) is 9.97 Å². The van der Waals surface area contributed by atoms with Crippen molar-refractivity contribution in [2.75, 3.05) is 27.3 Å². The lowest BCUT2D eigenvalue weighted by Crippen LogP contribution is -2.17. The van der Waals surface area contributed by atoms with Gasteiger partial charge in [-0.3, -0.25) is 0 Å². The maximum Gasteiger partial charge on any atom is 0.162 e. The Labute approximate surface area is 223 Å². The standard InChI is InChI=1S/C30H36N6O2/c1-37-27(38-2)17-25-28(36-30(34-25)24-6-4-16-32-24)22-13-9-20(10-14-22)19-7-11-21(12-8-19)26-18-33-29(35-26)23-5-3-15-31-23/h7-14,18,23-24,27,31-32H,3-6,15-17H2,1-2H3,(H,33,35)(H,34,36). The fourth-order valence-electron chi connectivity index (χ4n) is 5.57. The smallest absolute Gasteiger partial charge is 0.162 e. The van der Waals surface area contributed by atoms with Gasteiger partial charge >= 0.3 is 0 Å². The van der Waals surface area contributed by atoms with Crippen molar-refractivity contribution in [1.82, 2.24) is 30.6 Å². The number of rotatable bonds is 9. The summed E-state index contributed by atoms with van der Waals surface area (Å²) in [4.78, 5) is 16.7. The number of imidazole rings is 2. The number of ether oxygens (including phenoxy) is 2. The number of aromatic nitrogens is 4. The minimum Gasteiger partial charge on any atom is -0.356 e. The normalized spacial score (nSPS) is 19.6. The van der Waals surface area contributed by atoms with Gasteiger partial charge in [0.2, 0.25) is 0 Å². The molecule has 6 rings (SSSR count). The minimum absolute atomic E-state index is 0.268. The fraction of sp³-hybridized carbons (Fsp3) is 0.400. The van der Waals surface area contributed by atoms with E-state index in [1.165, 1.54) is 24.0 Å². The lowest BCUT2D eigenvalue weighted by atomic mass is 10.0. The summed E-state index contributed by atoms with van der Waals surface area (Å²) in [6, 6.07) is 17.9. The molecule has 4 heterocycles. The van der Waals surface area contributed by atoms with Crippen LogP contribution in [0.5, 0.6) is 0 Å². The molecule has 38 heavy (non-hydrogen) atoms. The van der Waals surface area contributed by atoms with Crippen LogP contribution in [0, 0.1) is 0 Å². The van der Waals surface area contributed by atoms with Crippen molar-refractivity contribution >= 4 is 0 Å². The van der Waals surface area contributed by atoms with Gasteiger partial charge in [0.1, 0.15) is 11.6 Å². The van der Waals surface area contributed by atoms with Crippen LogP contribution in [0.4, 0.5) is 0 Å². The summed E-state index contributed by atoms with van der Waals surface area (Å²) in [5, 5.41) is 7.05. The summed E-state index contributed by atoms with van der Waals surface area (Å²) in [6.45, 7) is 2.09. The van der Waals surface area contributed by atoms with E-state index in [4.69, 9.17) is 14.5 Å². The van der Waals surface area contributed by atoms with Crippen LogP contribution in [0.2, 0.25) is 0 Å². The third-order valence-corrected chi connectivity index (χ3v) is 7.76. The van der Waals surface area contributed by atoms with Crippen molar-refractivity contribution in [2.45, 2.75) is 50.5 Å². The molecule has 0 spiro atoms. The monoisotopic (exact) mass is 512 g/mol. The molecule has 4 N–H and O–H groups in total. The maximum absolute atomic E-state index is 5.48. The zero-order valence-corrected chi connectivity index (χ0v) is 22.1. The van der Waals surface area contributed by atoms with Gasteiger partial charge < -0.3 is 30.1 Å². The molecule has 0 aliphatic carbocycles. The van der Waals surface area contributed by atoms with Crippen LogP contribution in [0.15, 0.2) is 54.7 Å². The summed E-state index contributed by atoms with van der Waals surface area (Å²) < 4.78 is 11.0. The van der Waals surface area contributed by atoms with E-state index in [2.05, 4.69) is 74.1 Å². The molecule has 8 nitrogen and oxygen atoms in total. The van der Waals surface area contributed by atoms with Gasteiger partial charge in [-0.2, -0.15) is 0 Å². The number of hydrogen-bond donors (Lipinski definition) is 4. The van der Waals surface area contributed by atoms with Crippen molar-refractivity contribution in [3.63, 3.8) is 0 Å². The van der Waals surface area contributed by atoms with E-state index in [-0.39, 0.29) is 12.3 Å². The minimum atomic E-state index is -0.322. The average Bonchev–Trinajstić information content (AvgIpc) is 3.78. The van der Waals surface area contributed by atoms with Crippen molar-refractivity contribution in [3.05, 3.63) is 72.1 Å². The van der Waals surface area contributed by atoms with Crippen molar-refractivity contribution in [3.8, 4) is 33.6 Å². The number of methoxy groups -OCH3 is 2. The third-order valence-electron chi connectivity index (χ3n) is 7.76. The molecule has 2 aromatic heterocycles. The molecule has 2 aliphatic rings. The molecule has 0 saturated carbocycles. The SMILES string of the molecule is COC(Cc1[nH]c(C2CCCN2)nc1-c1ccc(-c2ccc(-c3cnc(C4CCCN4)[nH]3)cc2)cc1)OC. The Morgan fingerprint density at radius 3 is 1.92 bits per heavy atom. The molecule has 0 amide bonds. The zero-order chi connectivity index (χ0) is 25.9. The van der Waals surface area contributed by atoms with Gasteiger partial charge in [-0.05, 0) is 55.5 Å². The second-order valence-corrected chi connectivity index (χ2v) is 10.2. The number of H-pyrrole nitrogens is 2. The fourth-order valence-corrected chi connectivity index (χ4v) is 5.57. The first-order chi connectivity index (χ1) is 18.7. The second kappa shape index (κ2) is 11.2. The summed E-state index contributed by atoms with van der Waals surface area (Å²) in [5.74, 6) is 2.02. The van der Waals surface area contributed by atoms with Crippen LogP contribution in [0.25, 0.3) is 33.6 Å². The van der Waals surface area contributed by atoms with Crippen LogP contribution in [0.3, 0.4) is 0 Å². The topological polar surface area (TPSA) is 99.9 Å². The maximum atomic E-state index is 5.48. The van der Waals surface area contributed by atoms with Gasteiger partial charge in [-0.15, -0.1) is 0 Å². The van der Waals surface area contributed by atoms with E-state index in [0.717, 1.165) is 65.8 Å². The molecule has 2 aromatic carbocycles. The van der Waals surface area contributed by atoms with Gasteiger partial charge in [-0.1, -0.05) is 48.5 Å². The molecule has 2 fully saturated rings. The molecular weight excluding hydrogens is 476 g/mol. The van der Waals surface area contributed by atoms with E-state index >= 15 is 0 Å². The number of nitrogens with one attached hydrogen (secondary N) is 4. The summed E-state index contributed by atoms with van der Waals surface area (Å²) >= 11 is 0. The molecule has 2 atom stereocenters. The highest BCUT2D eigenvalue weighted by atomic mass is 16.7. The summed E-state index contributed by atoms with van der Waals surface area (Å²) in [6.07, 6.45) is 6.83. The molecule has 2 aliphatic heterocycles. The Morgan fingerprint density at radius 2 is 1.34 bits per heavy atom. The van der Waals surface area contributed by atoms with Gasteiger partial charge in [0.15, 0.2) is 6.29 Å². The quantitative estimate of drug-likeness (QED) is 0.232. The highest BCUT2D eigenvalue weighted by molar-refractivity contribution is 5.72. The van der Waals surface area contributed by atoms with Crippen LogP contribution in [-0.4, -0.2) is 53.5 Å². The highest BCUT2D eigenvalue weighted by Crippen LogP contribution is 2.31. The Kier molecular flexibility index (Phi) is 7.38. The highest BCUT2D eigenvalue weighted by Gasteiger charge is 2.24. The molecule has 2 unspecified atom stereocenters. The lowest BCUT2D eigenvalue weighted by Gasteiger charge is -2.13. The number of nitrogens with zero attached hydrogens (tertiary/aromatic N) is 2. The summed E-state index contributed by atoms with van der Waals surface area (Å²) in [7, 11) is 3.34. The van der Waals surface area contributed by atoms with Crippen molar-refractivity contribution in [2.24, 2.45) is 0 Å². The molecule has 4 aromatic rings. The zero-order valence-electron chi connectivity index (χ0n) is 22.1. The Morgan fingerprint density at radius 1 is 0.763 bits per heavy atom. The van der Waals surface area contributed by atoms with Crippen LogP contribution < -0.4 is 10.6 Å². The first-order valence-electron chi connectivity index (χ1n) is 13.6. The van der Waals surface area contributed by atoms with Gasteiger partial charge in [0.25, 0.3) is 0 Å². The van der Waals surface area contributed by atoms with Crippen LogP contribution >= 0.6 is 0 Å². The number of aromatic amines is 2. The molecule has 8 heteroatoms. The Bertz CT molecular complexity index is 1330. The largest absolute Gasteiger partial charge is 0.356 e. The molecule has 198 valence electrons. The van der Waals surface area contributed by atoms with E-state index in [0.29, 0.717) is 12.5 Å². The molecule has 0 radical (unpaired) electrons. The van der Waals surface area contributed by atoms with Crippen LogP contribution in [-0.2, 0) is 15.9 Å². The summed E-state index contributed by atoms with van der Waals surface area (Å²) in [5.41, 5.74) is 7.61. The van der Waals surface area contributed by atoms with Crippen LogP contribution in [0.1, 0.15) is 55.1 Å². The van der Waals surface area contributed by atoms with Crippen molar-refractivity contribution < 1.29 is 9.47 Å². The van der Waals surface area contributed by atoms with E-state index in [9.17, 15) is 0 Å². The molecule has 2 saturated heterocycles.